The molecule has 0 spiro atoms. The Bertz CT molecular complexity index is 1060. The number of amides is 3. The smallest absolute Gasteiger partial charge is 0.410 e. The second kappa shape index (κ2) is 13.7. The molecular weight excluding hydrogens is 570 g/mol. The summed E-state index contributed by atoms with van der Waals surface area (Å²) in [7, 11) is 0. The number of nitrogens with one attached hydrogen (secondary N) is 1. The standard InChI is InChI=1S/C16H28N2O6.C12H19NO6/c1-8-22-11(19)16(17-12(20)23-14(2,3)4)9-18(10-16)13(21)24-15(5,6)7;1-5-18-9(16)12(8(14)15)6-13(7-12)10(17)19-11(2,3)4/h8-10H2,1-7H3,(H,17,20);5-7H2,1-4H3,(H,14,15). The summed E-state index contributed by atoms with van der Waals surface area (Å²) in [6.45, 7) is 18.6. The maximum absolute atomic E-state index is 12.2. The number of ether oxygens (including phenoxy) is 5. The Kier molecular flexibility index (Phi) is 11.8. The van der Waals surface area contributed by atoms with E-state index in [-0.39, 0.29) is 39.4 Å². The molecule has 2 saturated heterocycles. The van der Waals surface area contributed by atoms with Gasteiger partial charge >= 0.3 is 36.2 Å². The van der Waals surface area contributed by atoms with Crippen molar-refractivity contribution in [1.29, 1.82) is 0 Å². The topological polar surface area (TPSA) is 187 Å². The van der Waals surface area contributed by atoms with Crippen molar-refractivity contribution in [2.45, 2.75) is 98.5 Å². The Balaban J connectivity index is 0.000000442. The number of hydrogen-bond donors (Lipinski definition) is 2. The first-order chi connectivity index (χ1) is 19.4. The van der Waals surface area contributed by atoms with E-state index in [0.717, 1.165) is 0 Å². The van der Waals surface area contributed by atoms with Crippen LogP contribution in [0.2, 0.25) is 0 Å². The summed E-state index contributed by atoms with van der Waals surface area (Å²) >= 11 is 0. The van der Waals surface area contributed by atoms with Gasteiger partial charge in [-0.25, -0.2) is 19.2 Å². The van der Waals surface area contributed by atoms with Gasteiger partial charge < -0.3 is 43.9 Å². The SMILES string of the molecule is CCOC(=O)C1(C(=O)O)CN(C(=O)OC(C)(C)C)C1.CCOC(=O)C1(NC(=O)OC(C)(C)C)CN(C(=O)OC(C)(C)C)C1. The zero-order valence-electron chi connectivity index (χ0n) is 27.1. The number of rotatable bonds is 6. The van der Waals surface area contributed by atoms with Crippen molar-refractivity contribution in [3.8, 4) is 0 Å². The summed E-state index contributed by atoms with van der Waals surface area (Å²) in [4.78, 5) is 73.3. The molecule has 2 N–H and O–H groups in total. The minimum absolute atomic E-state index is 0.0278. The van der Waals surface area contributed by atoms with Crippen molar-refractivity contribution in [3.63, 3.8) is 0 Å². The lowest BCUT2D eigenvalue weighted by Gasteiger charge is -2.47. The molecule has 2 aliphatic rings. The highest BCUT2D eigenvalue weighted by molar-refractivity contribution is 6.02. The monoisotopic (exact) mass is 617 g/mol. The van der Waals surface area contributed by atoms with Crippen molar-refractivity contribution in [2.24, 2.45) is 5.41 Å². The molecule has 0 aromatic heterocycles. The Morgan fingerprint density at radius 3 is 1.37 bits per heavy atom. The van der Waals surface area contributed by atoms with E-state index < -0.39 is 63.9 Å². The van der Waals surface area contributed by atoms with Gasteiger partial charge in [0, 0.05) is 0 Å². The number of carbonyl (C=O) groups is 6. The molecule has 246 valence electrons. The first-order valence-electron chi connectivity index (χ1n) is 13.9. The zero-order chi connectivity index (χ0) is 33.6. The minimum atomic E-state index is -1.66. The molecular formula is C28H47N3O12. The summed E-state index contributed by atoms with van der Waals surface area (Å²) in [6.07, 6.45) is -1.92. The number of alkyl carbamates (subject to hydrolysis) is 1. The maximum Gasteiger partial charge on any atom is 0.410 e. The van der Waals surface area contributed by atoms with Crippen LogP contribution in [-0.4, -0.2) is 113 Å². The van der Waals surface area contributed by atoms with Crippen molar-refractivity contribution in [1.82, 2.24) is 15.1 Å². The average molecular weight is 618 g/mol. The van der Waals surface area contributed by atoms with Crippen LogP contribution in [0.5, 0.6) is 0 Å². The van der Waals surface area contributed by atoms with Gasteiger partial charge in [0.1, 0.15) is 16.8 Å². The van der Waals surface area contributed by atoms with Crippen LogP contribution in [0.4, 0.5) is 14.4 Å². The molecule has 0 saturated carbocycles. The van der Waals surface area contributed by atoms with E-state index in [9.17, 15) is 28.8 Å². The molecule has 0 aromatic carbocycles. The van der Waals surface area contributed by atoms with Crippen LogP contribution in [0.25, 0.3) is 0 Å². The number of carboxylic acids is 1. The summed E-state index contributed by atoms with van der Waals surface area (Å²) < 4.78 is 25.3. The van der Waals surface area contributed by atoms with Crippen molar-refractivity contribution in [3.05, 3.63) is 0 Å². The van der Waals surface area contributed by atoms with Crippen molar-refractivity contribution in [2.75, 3.05) is 39.4 Å². The lowest BCUT2D eigenvalue weighted by molar-refractivity contribution is -0.180. The highest BCUT2D eigenvalue weighted by Crippen LogP contribution is 2.33. The quantitative estimate of drug-likeness (QED) is 0.252. The summed E-state index contributed by atoms with van der Waals surface area (Å²) in [5.41, 5.74) is -4.98. The van der Waals surface area contributed by atoms with Crippen LogP contribution in [0.1, 0.15) is 76.2 Å². The number of nitrogens with zero attached hydrogens (tertiary/aromatic N) is 2. The Morgan fingerprint density at radius 1 is 0.651 bits per heavy atom. The third kappa shape index (κ3) is 10.8. The van der Waals surface area contributed by atoms with Crippen molar-refractivity contribution >= 4 is 36.2 Å². The van der Waals surface area contributed by atoms with Gasteiger partial charge in [-0.05, 0) is 76.2 Å². The van der Waals surface area contributed by atoms with Crippen LogP contribution < -0.4 is 5.32 Å². The van der Waals surface area contributed by atoms with Gasteiger partial charge in [-0.3, -0.25) is 9.59 Å². The molecule has 0 aliphatic carbocycles. The van der Waals surface area contributed by atoms with Gasteiger partial charge in [-0.2, -0.15) is 0 Å². The molecule has 15 heteroatoms. The third-order valence-electron chi connectivity index (χ3n) is 5.63. The average Bonchev–Trinajstić information content (AvgIpc) is 2.72. The molecule has 2 rings (SSSR count). The molecule has 0 bridgehead atoms. The minimum Gasteiger partial charge on any atom is -0.480 e. The predicted molar refractivity (Wildman–Crippen MR) is 151 cm³/mol. The Morgan fingerprint density at radius 2 is 1.02 bits per heavy atom. The van der Waals surface area contributed by atoms with Crippen LogP contribution >= 0.6 is 0 Å². The molecule has 2 fully saturated rings. The number of esters is 2. The lowest BCUT2D eigenvalue weighted by atomic mass is 9.80. The summed E-state index contributed by atoms with van der Waals surface area (Å²) in [5.74, 6) is -2.70. The maximum atomic E-state index is 12.2. The lowest BCUT2D eigenvalue weighted by Crippen LogP contribution is -2.75. The fraction of sp³-hybridized carbons (Fsp3) is 0.786. The van der Waals surface area contributed by atoms with E-state index in [0.29, 0.717) is 0 Å². The molecule has 15 nitrogen and oxygen atoms in total. The van der Waals surface area contributed by atoms with Crippen molar-refractivity contribution < 1.29 is 57.6 Å². The number of carboxylic acid groups (broad SMARTS) is 1. The molecule has 2 heterocycles. The van der Waals surface area contributed by atoms with E-state index in [1.807, 2.05) is 0 Å². The molecule has 2 aliphatic heterocycles. The number of likely N-dealkylation sites (tertiary alicyclic amines) is 2. The normalized spacial score (nSPS) is 17.0. The molecule has 0 aromatic rings. The van der Waals surface area contributed by atoms with Crippen LogP contribution in [-0.2, 0) is 38.1 Å². The zero-order valence-corrected chi connectivity index (χ0v) is 27.1. The van der Waals surface area contributed by atoms with Crippen LogP contribution in [0.3, 0.4) is 0 Å². The van der Waals surface area contributed by atoms with Gasteiger partial charge in [-0.15, -0.1) is 0 Å². The third-order valence-corrected chi connectivity index (χ3v) is 5.63. The number of aliphatic carboxylic acids is 1. The van der Waals surface area contributed by atoms with E-state index in [2.05, 4.69) is 5.32 Å². The fourth-order valence-corrected chi connectivity index (χ4v) is 3.77. The highest BCUT2D eigenvalue weighted by atomic mass is 16.6. The molecule has 3 amide bonds. The molecule has 0 unspecified atom stereocenters. The van der Waals surface area contributed by atoms with Crippen LogP contribution in [0.15, 0.2) is 0 Å². The second-order valence-corrected chi connectivity index (χ2v) is 13.2. The van der Waals surface area contributed by atoms with Gasteiger partial charge in [0.25, 0.3) is 0 Å². The van der Waals surface area contributed by atoms with E-state index in [1.165, 1.54) is 9.80 Å². The van der Waals surface area contributed by atoms with E-state index in [1.54, 1.807) is 76.2 Å². The summed E-state index contributed by atoms with van der Waals surface area (Å²) in [5, 5.41) is 11.7. The van der Waals surface area contributed by atoms with Gasteiger partial charge in [0.05, 0.1) is 39.4 Å². The van der Waals surface area contributed by atoms with Gasteiger partial charge in [0.15, 0.2) is 11.0 Å². The fourth-order valence-electron chi connectivity index (χ4n) is 3.77. The first kappa shape index (κ1) is 37.2. The first-order valence-corrected chi connectivity index (χ1v) is 13.9. The van der Waals surface area contributed by atoms with E-state index >= 15 is 0 Å². The molecule has 43 heavy (non-hydrogen) atoms. The number of hydrogen-bond acceptors (Lipinski definition) is 11. The highest BCUT2D eigenvalue weighted by Gasteiger charge is 2.59. The molecule has 0 atom stereocenters. The van der Waals surface area contributed by atoms with Gasteiger partial charge in [-0.1, -0.05) is 0 Å². The van der Waals surface area contributed by atoms with E-state index in [4.69, 9.17) is 28.8 Å². The number of carbonyl (C=O) groups excluding carboxylic acids is 5. The summed E-state index contributed by atoms with van der Waals surface area (Å²) in [6, 6.07) is 0. The largest absolute Gasteiger partial charge is 0.480 e. The second-order valence-electron chi connectivity index (χ2n) is 13.2. The Labute approximate surface area is 252 Å². The van der Waals surface area contributed by atoms with Crippen LogP contribution in [0, 0.1) is 5.41 Å². The predicted octanol–water partition coefficient (Wildman–Crippen LogP) is 2.93. The Hall–Kier alpha value is -3.78. The molecule has 0 radical (unpaired) electrons. The van der Waals surface area contributed by atoms with Gasteiger partial charge in [0.2, 0.25) is 0 Å².